The zero-order chi connectivity index (χ0) is 76.7. The van der Waals surface area contributed by atoms with Gasteiger partial charge < -0.3 is 39.6 Å². The van der Waals surface area contributed by atoms with Gasteiger partial charge in [-0.3, -0.25) is 38.4 Å². The minimum Gasteiger partial charge on any atom is -0.355 e. The van der Waals surface area contributed by atoms with Crippen LogP contribution in [-0.2, 0) is 19.6 Å². The second kappa shape index (κ2) is 35.8. The van der Waals surface area contributed by atoms with Crippen molar-refractivity contribution in [2.24, 2.45) is 0 Å². The van der Waals surface area contributed by atoms with Gasteiger partial charge in [0.25, 0.3) is 0 Å². The zero-order valence-corrected chi connectivity index (χ0v) is 66.0. The summed E-state index contributed by atoms with van der Waals surface area (Å²) in [6, 6.07) is 64.2. The molecule has 0 radical (unpaired) electrons. The Morgan fingerprint density at radius 1 is 0.257 bits per heavy atom. The van der Waals surface area contributed by atoms with Crippen LogP contribution in [-0.4, -0.2) is 108 Å². The van der Waals surface area contributed by atoms with Gasteiger partial charge in [-0.15, -0.1) is 24.8 Å². The lowest BCUT2D eigenvalue weighted by Gasteiger charge is -2.11. The fourth-order valence-corrected chi connectivity index (χ4v) is 13.9. The first-order valence-corrected chi connectivity index (χ1v) is 36.6. The van der Waals surface area contributed by atoms with E-state index in [4.69, 9.17) is 0 Å². The summed E-state index contributed by atoms with van der Waals surface area (Å²) in [5, 5.41) is 21.0. The number of hydrogen-bond acceptors (Lipinski definition) is 11. The molecule has 0 spiro atoms. The average molecular weight is 1500 g/mol. The van der Waals surface area contributed by atoms with Crippen molar-refractivity contribution in [3.05, 3.63) is 239 Å². The molecule has 10 aromatic carbocycles. The molecule has 0 aliphatic carbocycles. The molecule has 0 aliphatic rings. The highest BCUT2D eigenvalue weighted by atomic mass is 35.5. The number of carbonyl (C=O) groups excluding carboxylic acids is 8. The number of benzene rings is 10. The Balaban J connectivity index is 0.000000158. The van der Waals surface area contributed by atoms with Crippen LogP contribution in [0.15, 0.2) is 194 Å². The molecule has 16 nitrogen and oxygen atoms in total. The Labute approximate surface area is 647 Å². The van der Waals surface area contributed by atoms with Crippen molar-refractivity contribution in [3.63, 3.8) is 0 Å². The van der Waals surface area contributed by atoms with Crippen LogP contribution in [0.1, 0.15) is 180 Å². The van der Waals surface area contributed by atoms with E-state index >= 15 is 0 Å². The summed E-state index contributed by atoms with van der Waals surface area (Å²) in [7, 11) is 0. The Bertz CT molecular complexity index is 5270. The lowest BCUT2D eigenvalue weighted by molar-refractivity contribution is 0.100. The van der Waals surface area contributed by atoms with E-state index in [1.807, 2.05) is 146 Å². The Kier molecular flexibility index (Phi) is 27.0. The summed E-state index contributed by atoms with van der Waals surface area (Å²) in [6.45, 7) is 30.4. The van der Waals surface area contributed by atoms with E-state index in [1.165, 1.54) is 21.8 Å². The smallest absolute Gasteiger partial charge is 0.159 e. The van der Waals surface area contributed by atoms with Gasteiger partial charge in [0.1, 0.15) is 0 Å². The van der Waals surface area contributed by atoms with E-state index in [0.29, 0.717) is 62.6 Å². The molecule has 562 valence electrons. The van der Waals surface area contributed by atoms with Gasteiger partial charge in [-0.2, -0.15) is 0 Å². The molecule has 5 aromatic heterocycles. The van der Waals surface area contributed by atoms with Crippen LogP contribution >= 0.6 is 24.8 Å². The second-order valence-corrected chi connectivity index (χ2v) is 28.5. The largest absolute Gasteiger partial charge is 0.355 e. The van der Waals surface area contributed by atoms with Gasteiger partial charge in [-0.1, -0.05) is 77.9 Å². The van der Waals surface area contributed by atoms with Crippen LogP contribution in [0.4, 0.5) is 0 Å². The number of nitrogens with zero attached hydrogens (tertiary/aromatic N) is 3. The highest BCUT2D eigenvalue weighted by molar-refractivity contribution is 6.17. The number of rotatable bonds is 20. The Hall–Kier alpha value is -11.0. The van der Waals surface area contributed by atoms with Gasteiger partial charge in [0.2, 0.25) is 0 Å². The first-order valence-electron chi connectivity index (χ1n) is 36.6. The third-order valence-electron chi connectivity index (χ3n) is 19.5. The van der Waals surface area contributed by atoms with E-state index in [2.05, 4.69) is 130 Å². The van der Waals surface area contributed by atoms with Crippen molar-refractivity contribution >= 4 is 180 Å². The van der Waals surface area contributed by atoms with Crippen molar-refractivity contribution in [3.8, 4) is 0 Å². The molecule has 0 fully saturated rings. The van der Waals surface area contributed by atoms with Crippen molar-refractivity contribution < 1.29 is 38.4 Å². The van der Waals surface area contributed by atoms with Gasteiger partial charge in [0.05, 0.1) is 0 Å². The average Bonchev–Trinajstić information content (AvgIpc) is 1.62. The third-order valence-corrected chi connectivity index (χ3v) is 19.5. The topological polar surface area (TPSA) is 219 Å². The number of carbonyl (C=O) groups is 8. The number of hydrogen-bond donors (Lipinski definition) is 5. The Morgan fingerprint density at radius 2 is 0.440 bits per heavy atom. The van der Waals surface area contributed by atoms with Crippen LogP contribution in [0, 0.1) is 0 Å². The molecule has 109 heavy (non-hydrogen) atoms. The predicted molar refractivity (Wildman–Crippen MR) is 454 cm³/mol. The van der Waals surface area contributed by atoms with E-state index < -0.39 is 0 Å². The maximum atomic E-state index is 11.8. The first-order chi connectivity index (χ1) is 51.1. The van der Waals surface area contributed by atoms with Crippen LogP contribution < -0.4 is 16.0 Å². The van der Waals surface area contributed by atoms with Crippen LogP contribution in [0.2, 0.25) is 0 Å². The van der Waals surface area contributed by atoms with E-state index in [9.17, 15) is 38.4 Å². The van der Waals surface area contributed by atoms with Gasteiger partial charge >= 0.3 is 0 Å². The van der Waals surface area contributed by atoms with Crippen molar-refractivity contribution in [2.45, 2.75) is 135 Å². The number of para-hydroxylation sites is 2. The zero-order valence-electron chi connectivity index (χ0n) is 64.4. The summed E-state index contributed by atoms with van der Waals surface area (Å²) in [5.41, 5.74) is 16.4. The number of aromatic amines is 2. The highest BCUT2D eigenvalue weighted by Crippen LogP contribution is 2.35. The molecule has 0 saturated carbocycles. The number of aromatic nitrogens is 5. The maximum absolute atomic E-state index is 11.8. The molecular formula is C91H96Cl2N8O8. The minimum absolute atomic E-state index is 0. The molecule has 18 heteroatoms. The number of halogens is 2. The standard InChI is InChI=1S/3C21H24N2O2.C16H13NO2.C12H9N.2ClH/c3*1-13(2)22-9-10-23-20-7-5-16(14(3)24)11-18(20)19-12-17(15(4)25)6-8-21(19)23;1-9(18)11-3-5-15-13(7-11)14-8-12(10(2)19)4-6-16(14)17-15;1-3-7-11-9(5-1)10-6-2-4-8-12(10)13-11;;/h3*5-8,11-13,22H,9-10H2,1-4H3;3-8,17H,1-2H3;1-8,13H;2*1H. The quantitative estimate of drug-likeness (QED) is 0.0452. The molecule has 0 saturated heterocycles. The fraction of sp³-hybridized carbons (Fsp3) is 0.253. The number of nitrogens with one attached hydrogen (secondary N) is 5. The SMILES string of the molecule is CC(=O)c1ccc2[nH]c3ccc(C(C)=O)cc3c2c1.CC(=O)c1ccc2c(c1)c1cc(C(C)=O)ccc1n2CCNC(C)C.CC(=O)c1ccc2c(c1)c1cc(C(C)=O)ccc1n2CCNC(C)C.CC(=O)c1ccc2c(c1)c1cc(C(C)=O)ccc1n2CCNC(C)C.Cl.Cl.c1ccc2c(c1)[nH]c1ccccc12. The summed E-state index contributed by atoms with van der Waals surface area (Å²) < 4.78 is 6.77. The summed E-state index contributed by atoms with van der Waals surface area (Å²) in [4.78, 5) is 100. The summed E-state index contributed by atoms with van der Waals surface area (Å²) >= 11 is 0. The number of H-pyrrole nitrogens is 2. The van der Waals surface area contributed by atoms with Crippen LogP contribution in [0.5, 0.6) is 0 Å². The van der Waals surface area contributed by atoms with E-state index in [0.717, 1.165) is 126 Å². The highest BCUT2D eigenvalue weighted by Gasteiger charge is 2.19. The number of Topliss-reactive ketones (excluding diaryl/α,β-unsaturated/α-hetero) is 8. The number of fused-ring (bicyclic) bond motifs is 15. The molecule has 15 rings (SSSR count). The molecule has 5 N–H and O–H groups in total. The van der Waals surface area contributed by atoms with Gasteiger partial charge in [-0.05, 0) is 213 Å². The molecule has 0 amide bonds. The molecular weight excluding hydrogens is 1400 g/mol. The maximum Gasteiger partial charge on any atom is 0.159 e. The first kappa shape index (κ1) is 82.1. The van der Waals surface area contributed by atoms with E-state index in [-0.39, 0.29) is 71.1 Å². The second-order valence-electron chi connectivity index (χ2n) is 28.5. The lowest BCUT2D eigenvalue weighted by atomic mass is 10.0. The van der Waals surface area contributed by atoms with Crippen molar-refractivity contribution in [1.82, 2.24) is 39.6 Å². The molecule has 0 aliphatic heterocycles. The molecule has 0 atom stereocenters. The van der Waals surface area contributed by atoms with Crippen LogP contribution in [0.25, 0.3) is 109 Å². The lowest BCUT2D eigenvalue weighted by Crippen LogP contribution is -2.26. The molecule has 0 unspecified atom stereocenters. The van der Waals surface area contributed by atoms with Crippen LogP contribution in [0.3, 0.4) is 0 Å². The monoisotopic (exact) mass is 1500 g/mol. The van der Waals surface area contributed by atoms with Gasteiger partial charge in [0.15, 0.2) is 46.3 Å². The third kappa shape index (κ3) is 18.6. The van der Waals surface area contributed by atoms with E-state index in [1.54, 1.807) is 55.4 Å². The van der Waals surface area contributed by atoms with Crippen molar-refractivity contribution in [2.75, 3.05) is 19.6 Å². The summed E-state index contributed by atoms with van der Waals surface area (Å²) in [6.07, 6.45) is 0. The van der Waals surface area contributed by atoms with Crippen molar-refractivity contribution in [1.29, 1.82) is 0 Å². The molecule has 15 aromatic rings. The predicted octanol–water partition coefficient (Wildman–Crippen LogP) is 20.5. The normalized spacial score (nSPS) is 11.2. The fourth-order valence-electron chi connectivity index (χ4n) is 13.9. The number of ketones is 8. The molecule has 5 heterocycles. The minimum atomic E-state index is 0. The summed E-state index contributed by atoms with van der Waals surface area (Å²) in [5.74, 6) is 0.370. The Morgan fingerprint density at radius 3 is 0.642 bits per heavy atom. The molecule has 0 bridgehead atoms. The van der Waals surface area contributed by atoms with Gasteiger partial charge in [-0.25, -0.2) is 0 Å². The van der Waals surface area contributed by atoms with Gasteiger partial charge in [0, 0.05) is 211 Å².